The molecule has 1 aliphatic heterocycles. The van der Waals surface area contributed by atoms with Crippen molar-refractivity contribution in [3.63, 3.8) is 0 Å². The Morgan fingerprint density at radius 1 is 1.42 bits per heavy atom. The van der Waals surface area contributed by atoms with Gasteiger partial charge >= 0.3 is 0 Å². The van der Waals surface area contributed by atoms with E-state index in [0.717, 1.165) is 31.7 Å². The molecule has 1 unspecified atom stereocenters. The van der Waals surface area contributed by atoms with Gasteiger partial charge in [-0.3, -0.25) is 4.79 Å². The number of halogens is 1. The van der Waals surface area contributed by atoms with Crippen LogP contribution in [-0.4, -0.2) is 52.4 Å². The van der Waals surface area contributed by atoms with Crippen LogP contribution in [0.4, 0.5) is 0 Å². The van der Waals surface area contributed by atoms with E-state index in [-0.39, 0.29) is 18.3 Å². The van der Waals surface area contributed by atoms with Gasteiger partial charge in [-0.25, -0.2) is 15.0 Å². The second-order valence-corrected chi connectivity index (χ2v) is 6.82. The maximum Gasteiger partial charge on any atom is 0.265 e. The zero-order valence-electron chi connectivity index (χ0n) is 13.9. The van der Waals surface area contributed by atoms with E-state index in [1.165, 1.54) is 17.8 Å². The molecule has 0 aliphatic carbocycles. The molecule has 0 saturated carbocycles. The van der Waals surface area contributed by atoms with Crippen LogP contribution in [0, 0.1) is 12.8 Å². The predicted molar refractivity (Wildman–Crippen MR) is 97.7 cm³/mol. The molecule has 24 heavy (non-hydrogen) atoms. The lowest BCUT2D eigenvalue weighted by Gasteiger charge is -2.32. The zero-order valence-corrected chi connectivity index (χ0v) is 15.5. The molecular formula is C16H22ClN5OS. The second-order valence-electron chi connectivity index (χ2n) is 5.82. The summed E-state index contributed by atoms with van der Waals surface area (Å²) in [4.78, 5) is 28.4. The summed E-state index contributed by atoms with van der Waals surface area (Å²) >= 11 is 1.39. The Bertz CT molecular complexity index is 676. The fourth-order valence-electron chi connectivity index (χ4n) is 2.95. The van der Waals surface area contributed by atoms with Crippen LogP contribution in [0.3, 0.4) is 0 Å². The number of hydrogen-bond donors (Lipinski definition) is 1. The Morgan fingerprint density at radius 3 is 2.88 bits per heavy atom. The molecule has 1 N–H and O–H groups in total. The van der Waals surface area contributed by atoms with Crippen LogP contribution in [-0.2, 0) is 0 Å². The summed E-state index contributed by atoms with van der Waals surface area (Å²) in [5, 5.41) is 3.91. The minimum atomic E-state index is 0. The Balaban J connectivity index is 0.00000208. The van der Waals surface area contributed by atoms with Gasteiger partial charge in [0.25, 0.3) is 5.91 Å². The molecule has 1 amide bonds. The van der Waals surface area contributed by atoms with Crippen LogP contribution >= 0.6 is 23.7 Å². The van der Waals surface area contributed by atoms with Crippen molar-refractivity contribution >= 4 is 29.7 Å². The average molecular weight is 368 g/mol. The van der Waals surface area contributed by atoms with Crippen molar-refractivity contribution in [1.29, 1.82) is 0 Å². The summed E-state index contributed by atoms with van der Waals surface area (Å²) in [5.41, 5.74) is 0.762. The van der Waals surface area contributed by atoms with Crippen LogP contribution in [0.5, 0.6) is 0 Å². The van der Waals surface area contributed by atoms with Crippen molar-refractivity contribution in [2.75, 3.05) is 26.7 Å². The first-order valence-corrected chi connectivity index (χ1v) is 8.69. The molecule has 130 valence electrons. The van der Waals surface area contributed by atoms with Gasteiger partial charge in [0.15, 0.2) is 10.8 Å². The van der Waals surface area contributed by atoms with Gasteiger partial charge in [-0.2, -0.15) is 0 Å². The van der Waals surface area contributed by atoms with Crippen molar-refractivity contribution in [3.05, 3.63) is 29.0 Å². The Kier molecular flexibility index (Phi) is 6.65. The number of hydrogen-bond acceptors (Lipinski definition) is 6. The highest BCUT2D eigenvalue weighted by atomic mass is 35.5. The molecule has 2 aromatic rings. The van der Waals surface area contributed by atoms with E-state index in [4.69, 9.17) is 0 Å². The standard InChI is InChI=1S/C16H21N5OS.ClH/c1-11-13(23-15(20-11)14-18-6-4-7-19-14)16(22)21-8-3-5-12(10-21)9-17-2;/h4,6-7,12,17H,3,5,8-10H2,1-2H3;1H. The molecule has 3 rings (SSSR count). The highest BCUT2D eigenvalue weighted by molar-refractivity contribution is 7.17. The molecule has 8 heteroatoms. The molecule has 1 fully saturated rings. The minimum Gasteiger partial charge on any atom is -0.338 e. The summed E-state index contributed by atoms with van der Waals surface area (Å²) in [6.45, 7) is 4.47. The Labute approximate surface area is 152 Å². The van der Waals surface area contributed by atoms with Crippen LogP contribution in [0.1, 0.15) is 28.2 Å². The highest BCUT2D eigenvalue weighted by Gasteiger charge is 2.27. The lowest BCUT2D eigenvalue weighted by molar-refractivity contribution is 0.0678. The molecule has 1 aliphatic rings. The SMILES string of the molecule is CNCC1CCCN(C(=O)c2sc(-c3ncccn3)nc2C)C1.Cl. The molecular weight excluding hydrogens is 346 g/mol. The van der Waals surface area contributed by atoms with Gasteiger partial charge in [-0.15, -0.1) is 23.7 Å². The van der Waals surface area contributed by atoms with Gasteiger partial charge in [0.1, 0.15) is 4.88 Å². The lowest BCUT2D eigenvalue weighted by Crippen LogP contribution is -2.42. The first-order valence-electron chi connectivity index (χ1n) is 7.87. The van der Waals surface area contributed by atoms with Gasteiger partial charge in [-0.1, -0.05) is 0 Å². The number of likely N-dealkylation sites (tertiary alicyclic amines) is 1. The Hall–Kier alpha value is -1.57. The third-order valence-electron chi connectivity index (χ3n) is 4.05. The van der Waals surface area contributed by atoms with Gasteiger partial charge in [0.05, 0.1) is 5.69 Å². The van der Waals surface area contributed by atoms with Gasteiger partial charge in [-0.05, 0) is 45.3 Å². The number of aryl methyl sites for hydroxylation is 1. The van der Waals surface area contributed by atoms with Crippen molar-refractivity contribution in [1.82, 2.24) is 25.2 Å². The largest absolute Gasteiger partial charge is 0.338 e. The molecule has 1 atom stereocenters. The maximum atomic E-state index is 12.9. The van der Waals surface area contributed by atoms with E-state index >= 15 is 0 Å². The number of nitrogens with zero attached hydrogens (tertiary/aromatic N) is 4. The van der Waals surface area contributed by atoms with E-state index in [1.807, 2.05) is 18.9 Å². The monoisotopic (exact) mass is 367 g/mol. The number of rotatable bonds is 4. The zero-order chi connectivity index (χ0) is 16.2. The fourth-order valence-corrected chi connectivity index (χ4v) is 3.93. The Morgan fingerprint density at radius 2 is 2.17 bits per heavy atom. The highest BCUT2D eigenvalue weighted by Crippen LogP contribution is 2.27. The topological polar surface area (TPSA) is 71.0 Å². The normalized spacial score (nSPS) is 17.4. The van der Waals surface area contributed by atoms with E-state index in [9.17, 15) is 4.79 Å². The summed E-state index contributed by atoms with van der Waals surface area (Å²) in [5.74, 6) is 1.19. The summed E-state index contributed by atoms with van der Waals surface area (Å²) in [7, 11) is 1.96. The van der Waals surface area contributed by atoms with E-state index < -0.39 is 0 Å². The van der Waals surface area contributed by atoms with Crippen LogP contribution in [0.2, 0.25) is 0 Å². The maximum absolute atomic E-state index is 12.9. The molecule has 2 aromatic heterocycles. The second kappa shape index (κ2) is 8.50. The number of nitrogens with one attached hydrogen (secondary N) is 1. The quantitative estimate of drug-likeness (QED) is 0.898. The van der Waals surface area contributed by atoms with Crippen molar-refractivity contribution < 1.29 is 4.79 Å². The number of carbonyl (C=O) groups excluding carboxylic acids is 1. The molecule has 6 nitrogen and oxygen atoms in total. The van der Waals surface area contributed by atoms with Crippen LogP contribution < -0.4 is 5.32 Å². The van der Waals surface area contributed by atoms with E-state index in [0.29, 0.717) is 21.6 Å². The minimum absolute atomic E-state index is 0. The molecule has 0 radical (unpaired) electrons. The molecule has 0 aromatic carbocycles. The number of piperidine rings is 1. The molecule has 0 spiro atoms. The van der Waals surface area contributed by atoms with Crippen molar-refractivity contribution in [2.45, 2.75) is 19.8 Å². The number of aromatic nitrogens is 3. The molecule has 3 heterocycles. The van der Waals surface area contributed by atoms with Crippen LogP contribution in [0.15, 0.2) is 18.5 Å². The number of amides is 1. The van der Waals surface area contributed by atoms with Crippen LogP contribution in [0.25, 0.3) is 10.8 Å². The lowest BCUT2D eigenvalue weighted by atomic mass is 9.98. The fraction of sp³-hybridized carbons (Fsp3) is 0.500. The predicted octanol–water partition coefficient (Wildman–Crippen LogP) is 2.40. The molecule has 0 bridgehead atoms. The van der Waals surface area contributed by atoms with Crippen molar-refractivity contribution in [2.24, 2.45) is 5.92 Å². The first-order chi connectivity index (χ1) is 11.2. The van der Waals surface area contributed by atoms with Gasteiger partial charge < -0.3 is 10.2 Å². The summed E-state index contributed by atoms with van der Waals surface area (Å²) < 4.78 is 0. The average Bonchev–Trinajstić information content (AvgIpc) is 2.97. The third-order valence-corrected chi connectivity index (χ3v) is 5.19. The van der Waals surface area contributed by atoms with Gasteiger partial charge in [0.2, 0.25) is 0 Å². The summed E-state index contributed by atoms with van der Waals surface area (Å²) in [6.07, 6.45) is 5.61. The van der Waals surface area contributed by atoms with E-state index in [1.54, 1.807) is 18.5 Å². The van der Waals surface area contributed by atoms with E-state index in [2.05, 4.69) is 20.3 Å². The van der Waals surface area contributed by atoms with Crippen molar-refractivity contribution in [3.8, 4) is 10.8 Å². The van der Waals surface area contributed by atoms with Gasteiger partial charge in [0, 0.05) is 25.5 Å². The smallest absolute Gasteiger partial charge is 0.265 e. The number of carbonyl (C=O) groups is 1. The number of thiazole rings is 1. The summed E-state index contributed by atoms with van der Waals surface area (Å²) in [6, 6.07) is 1.77. The third kappa shape index (κ3) is 4.09. The first kappa shape index (κ1) is 18.8. The molecule has 1 saturated heterocycles.